The van der Waals surface area contributed by atoms with Crippen LogP contribution in [0.15, 0.2) is 52.5 Å². The first-order valence-electron chi connectivity index (χ1n) is 13.9. The zero-order valence-electron chi connectivity index (χ0n) is 22.4. The number of hydrogen-bond donors (Lipinski definition) is 1. The highest BCUT2D eigenvalue weighted by molar-refractivity contribution is 5.65. The van der Waals surface area contributed by atoms with Gasteiger partial charge in [0, 0.05) is 47.9 Å². The maximum atomic E-state index is 14.2. The van der Waals surface area contributed by atoms with Gasteiger partial charge in [0.1, 0.15) is 0 Å². The number of hydrogen-bond acceptors (Lipinski definition) is 5. The number of aromatic nitrogens is 6. The summed E-state index contributed by atoms with van der Waals surface area (Å²) in [7, 11) is 0. The van der Waals surface area contributed by atoms with Gasteiger partial charge in [-0.25, -0.2) is 4.79 Å². The molecule has 2 unspecified atom stereocenters. The molecule has 0 radical (unpaired) electrons. The molecule has 0 saturated heterocycles. The van der Waals surface area contributed by atoms with E-state index in [1.807, 2.05) is 24.5 Å². The van der Waals surface area contributed by atoms with Crippen LogP contribution in [-0.2, 0) is 18.4 Å². The summed E-state index contributed by atoms with van der Waals surface area (Å²) in [6, 6.07) is 8.56. The molecule has 196 valence electrons. The highest BCUT2D eigenvalue weighted by Gasteiger charge is 2.42. The van der Waals surface area contributed by atoms with Crippen molar-refractivity contribution in [3.05, 3.63) is 64.5 Å². The number of H-pyrrole nitrogens is 1. The number of allylic oxidation sites excluding steroid dienone is 1. The van der Waals surface area contributed by atoms with Crippen LogP contribution in [0.4, 0.5) is 0 Å². The maximum Gasteiger partial charge on any atom is 0.328 e. The van der Waals surface area contributed by atoms with Crippen LogP contribution in [0.5, 0.6) is 0 Å². The number of aryl methyl sites for hydroxylation is 1. The Hall–Kier alpha value is -3.29. The molecule has 3 aromatic rings. The number of nitrogens with zero attached hydrogens (tertiary/aromatic N) is 6. The van der Waals surface area contributed by atoms with Crippen LogP contribution < -0.4 is 5.69 Å². The van der Waals surface area contributed by atoms with E-state index < -0.39 is 0 Å². The van der Waals surface area contributed by atoms with Gasteiger partial charge in [0.05, 0.1) is 0 Å². The predicted molar refractivity (Wildman–Crippen MR) is 147 cm³/mol. The van der Waals surface area contributed by atoms with Gasteiger partial charge in [0.15, 0.2) is 0 Å². The summed E-state index contributed by atoms with van der Waals surface area (Å²) >= 11 is 0. The molecule has 8 heteroatoms. The second-order valence-electron chi connectivity index (χ2n) is 10.8. The molecule has 1 aromatic carbocycles. The largest absolute Gasteiger partial charge is 0.328 e. The lowest BCUT2D eigenvalue weighted by Gasteiger charge is -2.34. The zero-order valence-corrected chi connectivity index (χ0v) is 22.4. The lowest BCUT2D eigenvalue weighted by molar-refractivity contribution is 0.180. The van der Waals surface area contributed by atoms with Gasteiger partial charge in [-0.2, -0.15) is 5.21 Å². The summed E-state index contributed by atoms with van der Waals surface area (Å²) < 4.78 is 4.17. The minimum Gasteiger partial charge on any atom is -0.295 e. The molecule has 37 heavy (non-hydrogen) atoms. The summed E-state index contributed by atoms with van der Waals surface area (Å²) in [5.41, 5.74) is 3.13. The summed E-state index contributed by atoms with van der Waals surface area (Å²) in [4.78, 5) is 18.6. The fourth-order valence-corrected chi connectivity index (χ4v) is 6.61. The van der Waals surface area contributed by atoms with Gasteiger partial charge in [-0.1, -0.05) is 57.9 Å². The highest BCUT2D eigenvalue weighted by Crippen LogP contribution is 2.51. The predicted octanol–water partition coefficient (Wildman–Crippen LogP) is 5.63. The fraction of sp³-hybridized carbons (Fsp3) is 0.552. The molecule has 8 nitrogen and oxygen atoms in total. The van der Waals surface area contributed by atoms with E-state index in [0.29, 0.717) is 12.4 Å². The standard InChI is InChI=1S/C29H39N7O/c1-4-7-12-24-20-35(25-13-9-14-28(25,5-2)6-3)27(37)36(24)21-29(15-17-30-18-16-29)23-11-8-10-22(19-23)26-31-33-34-32-26/h8,10-11,15,17-20,25H,4-7,9,12-14,16,21H2,1-3H3,(H,31,32,33,34). The monoisotopic (exact) mass is 501 g/mol. The van der Waals surface area contributed by atoms with Gasteiger partial charge < -0.3 is 0 Å². The van der Waals surface area contributed by atoms with E-state index in [1.165, 1.54) is 12.8 Å². The van der Waals surface area contributed by atoms with Crippen LogP contribution in [-0.4, -0.2) is 36.0 Å². The molecule has 1 saturated carbocycles. The van der Waals surface area contributed by atoms with Crippen LogP contribution in [0.2, 0.25) is 0 Å². The van der Waals surface area contributed by atoms with Gasteiger partial charge in [-0.3, -0.25) is 14.1 Å². The smallest absolute Gasteiger partial charge is 0.295 e. The quantitative estimate of drug-likeness (QED) is 0.390. The van der Waals surface area contributed by atoms with Crippen molar-refractivity contribution in [3.63, 3.8) is 0 Å². The van der Waals surface area contributed by atoms with Crippen molar-refractivity contribution in [3.8, 4) is 11.4 Å². The summed E-state index contributed by atoms with van der Waals surface area (Å²) in [5.74, 6) is 0.564. The van der Waals surface area contributed by atoms with Crippen molar-refractivity contribution in [1.29, 1.82) is 0 Å². The molecule has 0 bridgehead atoms. The van der Waals surface area contributed by atoms with Gasteiger partial charge in [-0.15, -0.1) is 10.2 Å². The molecule has 2 atom stereocenters. The molecule has 3 heterocycles. The van der Waals surface area contributed by atoms with Crippen LogP contribution in [0.1, 0.15) is 89.4 Å². The minimum absolute atomic E-state index is 0.133. The molecule has 2 aromatic heterocycles. The Morgan fingerprint density at radius 3 is 2.76 bits per heavy atom. The summed E-state index contributed by atoms with van der Waals surface area (Å²) in [6.07, 6.45) is 17.7. The van der Waals surface area contributed by atoms with Crippen molar-refractivity contribution in [1.82, 2.24) is 29.8 Å². The Balaban J connectivity index is 1.58. The van der Waals surface area contributed by atoms with Crippen LogP contribution in [0.25, 0.3) is 11.4 Å². The Bertz CT molecular complexity index is 1310. The molecule has 0 spiro atoms. The van der Waals surface area contributed by atoms with E-state index >= 15 is 0 Å². The number of aliphatic imine (C=N–C) groups is 1. The van der Waals surface area contributed by atoms with Crippen molar-refractivity contribution in [2.24, 2.45) is 10.4 Å². The summed E-state index contributed by atoms with van der Waals surface area (Å²) in [6.45, 7) is 7.37. The number of imidazole rings is 1. The van der Waals surface area contributed by atoms with E-state index in [9.17, 15) is 4.79 Å². The molecule has 1 N–H and O–H groups in total. The number of nitrogens with one attached hydrogen (secondary N) is 1. The van der Waals surface area contributed by atoms with Crippen LogP contribution in [0, 0.1) is 5.41 Å². The van der Waals surface area contributed by atoms with Crippen molar-refractivity contribution < 1.29 is 0 Å². The number of rotatable bonds is 10. The van der Waals surface area contributed by atoms with E-state index in [-0.39, 0.29) is 22.6 Å². The van der Waals surface area contributed by atoms with Crippen LogP contribution >= 0.6 is 0 Å². The maximum absolute atomic E-state index is 14.2. The first-order valence-corrected chi connectivity index (χ1v) is 13.9. The van der Waals surface area contributed by atoms with Crippen molar-refractivity contribution in [2.75, 3.05) is 0 Å². The van der Waals surface area contributed by atoms with Crippen molar-refractivity contribution >= 4 is 6.21 Å². The van der Waals surface area contributed by atoms with E-state index in [2.05, 4.69) is 79.9 Å². The molecular formula is C29H39N7O. The Kier molecular flexibility index (Phi) is 7.26. The average Bonchev–Trinajstić information content (AvgIpc) is 3.69. The molecule has 1 aliphatic carbocycles. The van der Waals surface area contributed by atoms with Crippen molar-refractivity contribution in [2.45, 2.75) is 96.6 Å². The van der Waals surface area contributed by atoms with E-state index in [1.54, 1.807) is 0 Å². The summed E-state index contributed by atoms with van der Waals surface area (Å²) in [5, 5.41) is 14.6. The van der Waals surface area contributed by atoms with E-state index in [4.69, 9.17) is 0 Å². The fourth-order valence-electron chi connectivity index (χ4n) is 6.61. The normalized spacial score (nSPS) is 22.6. The molecule has 0 amide bonds. The van der Waals surface area contributed by atoms with Gasteiger partial charge >= 0.3 is 5.69 Å². The third-order valence-corrected chi connectivity index (χ3v) is 9.00. The third-order valence-electron chi connectivity index (χ3n) is 9.00. The SMILES string of the molecule is CCCCc1cn(C2CCCC2(CC)CC)c(=O)n1CC1(c2cccc(-c3nn[nH]n3)c2)C=CN=CC1. The highest BCUT2D eigenvalue weighted by atomic mass is 16.1. The lowest BCUT2D eigenvalue weighted by atomic mass is 9.76. The molecular weight excluding hydrogens is 462 g/mol. The average molecular weight is 502 g/mol. The van der Waals surface area contributed by atoms with Gasteiger partial charge in [0.2, 0.25) is 5.82 Å². The Morgan fingerprint density at radius 2 is 2.05 bits per heavy atom. The first-order chi connectivity index (χ1) is 18.1. The van der Waals surface area contributed by atoms with Gasteiger partial charge in [0.25, 0.3) is 0 Å². The topological polar surface area (TPSA) is 93.8 Å². The Labute approximate surface area is 218 Å². The van der Waals surface area contributed by atoms with Crippen LogP contribution in [0.3, 0.4) is 0 Å². The second-order valence-corrected chi connectivity index (χ2v) is 10.8. The number of aromatic amines is 1. The zero-order chi connectivity index (χ0) is 25.9. The van der Waals surface area contributed by atoms with E-state index in [0.717, 1.165) is 61.8 Å². The molecule has 1 aliphatic heterocycles. The number of benzene rings is 1. The second kappa shape index (κ2) is 10.6. The third kappa shape index (κ3) is 4.62. The molecule has 1 fully saturated rings. The minimum atomic E-state index is -0.388. The number of tetrazole rings is 1. The number of unbranched alkanes of at least 4 members (excludes halogenated alkanes) is 1. The molecule has 2 aliphatic rings. The lowest BCUT2D eigenvalue weighted by Crippen LogP contribution is -2.39. The Morgan fingerprint density at radius 1 is 1.19 bits per heavy atom. The first kappa shape index (κ1) is 25.4. The van der Waals surface area contributed by atoms with Gasteiger partial charge in [-0.05, 0) is 67.2 Å². The molecule has 5 rings (SSSR count).